The molecule has 9 heteroatoms. The highest BCUT2D eigenvalue weighted by atomic mass is 19.2. The Kier molecular flexibility index (Phi) is 5.59. The molecular weight excluding hydrogens is 359 g/mol. The molecule has 0 aliphatic carbocycles. The molecule has 0 bridgehead atoms. The quantitative estimate of drug-likeness (QED) is 0.831. The van der Waals surface area contributed by atoms with Crippen molar-refractivity contribution in [1.82, 2.24) is 14.9 Å². The standard InChI is InChI=1S/C18H24F3N5O/c1-3-4-15(17(27)23-2)26-16-8-12(21)11(20)7-14(16)24-18(26)25-6-5-10(19)13(22)9-25/h7-8,10,13,15H,3-6,9,22H2,1-2H3,(H,23,27)/t10-,13-,15?/m1/s1. The van der Waals surface area contributed by atoms with Gasteiger partial charge in [-0.3, -0.25) is 9.36 Å². The van der Waals surface area contributed by atoms with Crippen molar-refractivity contribution in [3.05, 3.63) is 23.8 Å². The minimum absolute atomic E-state index is 0.210. The number of amides is 1. The number of imidazole rings is 1. The second-order valence-electron chi connectivity index (χ2n) is 6.87. The van der Waals surface area contributed by atoms with Crippen LogP contribution in [0.5, 0.6) is 0 Å². The molecule has 0 spiro atoms. The van der Waals surface area contributed by atoms with Crippen LogP contribution >= 0.6 is 0 Å². The number of aromatic nitrogens is 2. The molecule has 2 aromatic rings. The van der Waals surface area contributed by atoms with E-state index < -0.39 is 29.9 Å². The van der Waals surface area contributed by atoms with Crippen LogP contribution in [0, 0.1) is 11.6 Å². The van der Waals surface area contributed by atoms with Crippen molar-refractivity contribution in [3.63, 3.8) is 0 Å². The van der Waals surface area contributed by atoms with E-state index >= 15 is 0 Å². The summed E-state index contributed by atoms with van der Waals surface area (Å²) in [6.45, 7) is 2.50. The summed E-state index contributed by atoms with van der Waals surface area (Å²) in [5.41, 5.74) is 6.43. The maximum absolute atomic E-state index is 13.9. The van der Waals surface area contributed by atoms with E-state index in [-0.39, 0.29) is 24.4 Å². The Morgan fingerprint density at radius 3 is 2.74 bits per heavy atom. The first-order valence-electron chi connectivity index (χ1n) is 9.10. The van der Waals surface area contributed by atoms with Gasteiger partial charge in [0.05, 0.1) is 17.1 Å². The van der Waals surface area contributed by atoms with Gasteiger partial charge in [-0.05, 0) is 12.8 Å². The van der Waals surface area contributed by atoms with Gasteiger partial charge in [0.15, 0.2) is 11.6 Å². The minimum Gasteiger partial charge on any atom is -0.357 e. The maximum Gasteiger partial charge on any atom is 0.242 e. The number of alkyl halides is 1. The number of likely N-dealkylation sites (N-methyl/N-ethyl adjacent to an activating group) is 1. The average molecular weight is 383 g/mol. The smallest absolute Gasteiger partial charge is 0.242 e. The second-order valence-corrected chi connectivity index (χ2v) is 6.87. The third-order valence-corrected chi connectivity index (χ3v) is 4.99. The predicted molar refractivity (Wildman–Crippen MR) is 97.4 cm³/mol. The lowest BCUT2D eigenvalue weighted by Crippen LogP contribution is -2.50. The van der Waals surface area contributed by atoms with Crippen LogP contribution in [0.1, 0.15) is 32.2 Å². The van der Waals surface area contributed by atoms with Gasteiger partial charge in [0.25, 0.3) is 0 Å². The molecule has 1 unspecified atom stereocenters. The zero-order valence-electron chi connectivity index (χ0n) is 15.4. The SMILES string of the molecule is CCCC(C(=O)NC)n1c(N2CC[C@@H](F)[C@H](N)C2)nc2cc(F)c(F)cc21. The third-order valence-electron chi connectivity index (χ3n) is 4.99. The number of nitrogens with two attached hydrogens (primary N) is 1. The zero-order chi connectivity index (χ0) is 19.7. The van der Waals surface area contributed by atoms with Gasteiger partial charge < -0.3 is 16.0 Å². The Bertz CT molecular complexity index is 840. The summed E-state index contributed by atoms with van der Waals surface area (Å²) in [6, 6.07) is 0.725. The molecule has 0 saturated carbocycles. The van der Waals surface area contributed by atoms with Crippen molar-refractivity contribution in [3.8, 4) is 0 Å². The number of carbonyl (C=O) groups excluding carboxylic acids is 1. The maximum atomic E-state index is 13.9. The molecule has 3 N–H and O–H groups in total. The van der Waals surface area contributed by atoms with Gasteiger partial charge >= 0.3 is 0 Å². The number of nitrogens with one attached hydrogen (secondary N) is 1. The Hall–Kier alpha value is -2.29. The van der Waals surface area contributed by atoms with Crippen molar-refractivity contribution < 1.29 is 18.0 Å². The molecule has 1 aromatic heterocycles. The second kappa shape index (κ2) is 7.75. The van der Waals surface area contributed by atoms with Crippen LogP contribution < -0.4 is 16.0 Å². The van der Waals surface area contributed by atoms with Crippen LogP contribution in [0.15, 0.2) is 12.1 Å². The molecular formula is C18H24F3N5O. The molecule has 148 valence electrons. The molecule has 1 aliphatic rings. The van der Waals surface area contributed by atoms with E-state index in [1.807, 2.05) is 6.92 Å². The first-order valence-corrected chi connectivity index (χ1v) is 9.10. The van der Waals surface area contributed by atoms with Crippen molar-refractivity contribution >= 4 is 22.9 Å². The van der Waals surface area contributed by atoms with Crippen molar-refractivity contribution in [2.75, 3.05) is 25.0 Å². The number of nitrogens with zero attached hydrogens (tertiary/aromatic N) is 3. The number of piperidine rings is 1. The normalized spacial score (nSPS) is 21.5. The molecule has 27 heavy (non-hydrogen) atoms. The van der Waals surface area contributed by atoms with Crippen molar-refractivity contribution in [2.45, 2.75) is 44.4 Å². The highest BCUT2D eigenvalue weighted by Gasteiger charge is 2.32. The van der Waals surface area contributed by atoms with Gasteiger partial charge in [-0.25, -0.2) is 18.2 Å². The Balaban J connectivity index is 2.18. The molecule has 1 amide bonds. The summed E-state index contributed by atoms with van der Waals surface area (Å²) in [6.07, 6.45) is 0.306. The van der Waals surface area contributed by atoms with Crippen molar-refractivity contribution in [2.24, 2.45) is 5.73 Å². The van der Waals surface area contributed by atoms with Crippen LogP contribution in [-0.2, 0) is 4.79 Å². The number of fused-ring (bicyclic) bond motifs is 1. The average Bonchev–Trinajstić information content (AvgIpc) is 2.99. The summed E-state index contributed by atoms with van der Waals surface area (Å²) in [4.78, 5) is 18.7. The van der Waals surface area contributed by atoms with E-state index in [2.05, 4.69) is 10.3 Å². The molecule has 1 fully saturated rings. The lowest BCUT2D eigenvalue weighted by atomic mass is 10.0. The zero-order valence-corrected chi connectivity index (χ0v) is 15.4. The number of hydrogen-bond acceptors (Lipinski definition) is 4. The van der Waals surface area contributed by atoms with E-state index in [1.54, 1.807) is 9.47 Å². The molecule has 0 radical (unpaired) electrons. The number of rotatable bonds is 5. The van der Waals surface area contributed by atoms with Crippen LogP contribution in [0.3, 0.4) is 0 Å². The highest BCUT2D eigenvalue weighted by molar-refractivity contribution is 5.86. The molecule has 2 heterocycles. The fraction of sp³-hybridized carbons (Fsp3) is 0.556. The van der Waals surface area contributed by atoms with E-state index in [0.29, 0.717) is 30.9 Å². The topological polar surface area (TPSA) is 76.2 Å². The largest absolute Gasteiger partial charge is 0.357 e. The minimum atomic E-state index is -1.11. The number of anilines is 1. The van der Waals surface area contributed by atoms with Crippen LogP contribution in [0.2, 0.25) is 0 Å². The van der Waals surface area contributed by atoms with Crippen molar-refractivity contribution in [1.29, 1.82) is 0 Å². The van der Waals surface area contributed by atoms with Gasteiger partial charge in [0.2, 0.25) is 11.9 Å². The number of carbonyl (C=O) groups is 1. The van der Waals surface area contributed by atoms with Gasteiger partial charge in [-0.2, -0.15) is 0 Å². The first kappa shape index (κ1) is 19.5. The molecule has 3 rings (SSSR count). The van der Waals surface area contributed by atoms with Gasteiger partial charge in [0.1, 0.15) is 12.2 Å². The number of halogens is 3. The summed E-state index contributed by atoms with van der Waals surface area (Å²) in [5, 5.41) is 2.62. The molecule has 1 aliphatic heterocycles. The van der Waals surface area contributed by atoms with E-state index in [9.17, 15) is 18.0 Å². The number of hydrogen-bond donors (Lipinski definition) is 2. The molecule has 1 saturated heterocycles. The Morgan fingerprint density at radius 2 is 2.11 bits per heavy atom. The summed E-state index contributed by atoms with van der Waals surface area (Å²) in [5.74, 6) is -1.91. The van der Waals surface area contributed by atoms with Gasteiger partial charge in [-0.15, -0.1) is 0 Å². The summed E-state index contributed by atoms with van der Waals surface area (Å²) in [7, 11) is 1.52. The van der Waals surface area contributed by atoms with Crippen LogP contribution in [-0.4, -0.2) is 47.8 Å². The van der Waals surface area contributed by atoms with E-state index in [1.165, 1.54) is 7.05 Å². The van der Waals surface area contributed by atoms with Gasteiger partial charge in [0, 0.05) is 32.3 Å². The van der Waals surface area contributed by atoms with E-state index in [4.69, 9.17) is 5.73 Å². The predicted octanol–water partition coefficient (Wildman–Crippen LogP) is 2.28. The molecule has 6 nitrogen and oxygen atoms in total. The molecule has 1 aromatic carbocycles. The lowest BCUT2D eigenvalue weighted by Gasteiger charge is -2.35. The third kappa shape index (κ3) is 3.60. The highest BCUT2D eigenvalue weighted by Crippen LogP contribution is 2.32. The molecule has 3 atom stereocenters. The van der Waals surface area contributed by atoms with Gasteiger partial charge in [-0.1, -0.05) is 13.3 Å². The summed E-state index contributed by atoms with van der Waals surface area (Å²) < 4.78 is 43.1. The summed E-state index contributed by atoms with van der Waals surface area (Å²) >= 11 is 0. The monoisotopic (exact) mass is 383 g/mol. The fourth-order valence-electron chi connectivity index (χ4n) is 3.56. The van der Waals surface area contributed by atoms with Crippen LogP contribution in [0.4, 0.5) is 19.1 Å². The van der Waals surface area contributed by atoms with Crippen LogP contribution in [0.25, 0.3) is 11.0 Å². The Labute approximate surface area is 155 Å². The number of benzene rings is 1. The van der Waals surface area contributed by atoms with E-state index in [0.717, 1.165) is 12.1 Å². The first-order chi connectivity index (χ1) is 12.9. The Morgan fingerprint density at radius 1 is 1.41 bits per heavy atom. The lowest BCUT2D eigenvalue weighted by molar-refractivity contribution is -0.123. The fourth-order valence-corrected chi connectivity index (χ4v) is 3.56.